The topological polar surface area (TPSA) is 0 Å². The molecule has 0 aliphatic heterocycles. The van der Waals surface area contributed by atoms with E-state index in [0.717, 1.165) is 65.1 Å². The minimum Gasteiger partial charge on any atom is -0.0842 e. The van der Waals surface area contributed by atoms with Crippen molar-refractivity contribution in [2.45, 2.75) is 95.8 Å². The van der Waals surface area contributed by atoms with E-state index in [1.54, 1.807) is 27.9 Å². The molecule has 14 atom stereocenters. The van der Waals surface area contributed by atoms with Gasteiger partial charge in [-0.3, -0.25) is 0 Å². The van der Waals surface area contributed by atoms with Crippen LogP contribution in [0.15, 0.2) is 137 Å². The Morgan fingerprint density at radius 2 is 1.26 bits per heavy atom. The number of hydrogen-bond acceptors (Lipinski definition) is 0. The van der Waals surface area contributed by atoms with Crippen LogP contribution in [0.4, 0.5) is 0 Å². The Morgan fingerprint density at radius 1 is 0.481 bits per heavy atom. The van der Waals surface area contributed by atoms with Crippen LogP contribution in [-0.4, -0.2) is 0 Å². The van der Waals surface area contributed by atoms with Crippen molar-refractivity contribution in [2.24, 2.45) is 76.9 Å². The average Bonchev–Trinajstić information content (AvgIpc) is 3.56. The Hall–Kier alpha value is -3.38. The minimum atomic E-state index is 0.685. The van der Waals surface area contributed by atoms with Crippen LogP contribution in [0.2, 0.25) is 0 Å². The lowest BCUT2D eigenvalue weighted by atomic mass is 9.44. The van der Waals surface area contributed by atoms with Gasteiger partial charge >= 0.3 is 0 Å². The lowest BCUT2D eigenvalue weighted by molar-refractivity contribution is -0.113. The Labute approximate surface area is 325 Å². The largest absolute Gasteiger partial charge is 0.0842 e. The predicted octanol–water partition coefficient (Wildman–Crippen LogP) is 13.8. The summed E-state index contributed by atoms with van der Waals surface area (Å²) in [6.07, 6.45) is 42.9. The Morgan fingerprint density at radius 3 is 2.13 bits per heavy atom. The molecule has 5 fully saturated rings. The van der Waals surface area contributed by atoms with Gasteiger partial charge in [0.05, 0.1) is 0 Å². The van der Waals surface area contributed by atoms with Gasteiger partial charge in [-0.05, 0) is 217 Å². The summed E-state index contributed by atoms with van der Waals surface area (Å²) in [5.41, 5.74) is 13.3. The van der Waals surface area contributed by atoms with E-state index in [9.17, 15) is 0 Å². The van der Waals surface area contributed by atoms with Crippen molar-refractivity contribution in [2.75, 3.05) is 0 Å². The molecule has 0 heteroatoms. The van der Waals surface area contributed by atoms with Crippen LogP contribution < -0.4 is 0 Å². The number of fused-ring (bicyclic) bond motifs is 5. The first-order valence-electron chi connectivity index (χ1n) is 22.8. The van der Waals surface area contributed by atoms with E-state index < -0.39 is 0 Å². The lowest BCUT2D eigenvalue weighted by Crippen LogP contribution is -2.54. The van der Waals surface area contributed by atoms with Crippen LogP contribution >= 0.6 is 0 Å². The summed E-state index contributed by atoms with van der Waals surface area (Å²) in [4.78, 5) is 0. The second kappa shape index (κ2) is 13.1. The van der Waals surface area contributed by atoms with Crippen LogP contribution in [0.5, 0.6) is 0 Å². The van der Waals surface area contributed by atoms with Crippen LogP contribution in [0.25, 0.3) is 11.1 Å². The zero-order chi connectivity index (χ0) is 35.3. The fraction of sp³-hybridized carbons (Fsp3) is 0.519. The van der Waals surface area contributed by atoms with Crippen LogP contribution in [0.1, 0.15) is 101 Å². The smallest absolute Gasteiger partial charge is 0.00590 e. The van der Waals surface area contributed by atoms with Gasteiger partial charge in [-0.25, -0.2) is 0 Å². The van der Waals surface area contributed by atoms with Gasteiger partial charge in [-0.1, -0.05) is 109 Å². The highest BCUT2D eigenvalue weighted by Gasteiger charge is 2.67. The van der Waals surface area contributed by atoms with Gasteiger partial charge in [0.25, 0.3) is 0 Å². The first-order chi connectivity index (χ1) is 26.8. The normalized spacial score (nSPS) is 42.6. The molecule has 0 N–H and O–H groups in total. The van der Waals surface area contributed by atoms with E-state index in [1.165, 1.54) is 101 Å². The molecule has 10 aliphatic rings. The fourth-order valence-electron chi connectivity index (χ4n) is 16.4. The number of allylic oxidation sites excluding steroid dienone is 14. The number of hydrogen-bond donors (Lipinski definition) is 0. The van der Waals surface area contributed by atoms with Crippen LogP contribution in [0.3, 0.4) is 0 Å². The second-order valence-electron chi connectivity index (χ2n) is 19.8. The summed E-state index contributed by atoms with van der Waals surface area (Å²) in [7, 11) is 0. The Balaban J connectivity index is 1.01. The van der Waals surface area contributed by atoms with Crippen molar-refractivity contribution < 1.29 is 0 Å². The molecule has 0 nitrogen and oxygen atoms in total. The van der Waals surface area contributed by atoms with E-state index in [4.69, 9.17) is 0 Å². The minimum absolute atomic E-state index is 0.685. The molecule has 0 spiro atoms. The van der Waals surface area contributed by atoms with E-state index in [-0.39, 0.29) is 0 Å². The van der Waals surface area contributed by atoms with Crippen LogP contribution in [0, 0.1) is 76.9 Å². The Kier molecular flexibility index (Phi) is 7.96. The molecule has 0 aromatic heterocycles. The molecule has 54 heavy (non-hydrogen) atoms. The zero-order valence-corrected chi connectivity index (χ0v) is 32.4. The van der Waals surface area contributed by atoms with Gasteiger partial charge in [-0.2, -0.15) is 0 Å². The molecule has 0 radical (unpaired) electrons. The van der Waals surface area contributed by atoms with E-state index >= 15 is 0 Å². The van der Waals surface area contributed by atoms with E-state index in [2.05, 4.69) is 109 Å². The molecule has 0 bridgehead atoms. The summed E-state index contributed by atoms with van der Waals surface area (Å²) in [6, 6.07) is 20.9. The summed E-state index contributed by atoms with van der Waals surface area (Å²) in [6.45, 7) is 0. The summed E-state index contributed by atoms with van der Waals surface area (Å²) in [5.74, 6) is 11.8. The highest BCUT2D eigenvalue weighted by Crippen LogP contribution is 2.74. The summed E-state index contributed by atoms with van der Waals surface area (Å²) in [5, 5.41) is 0. The first kappa shape index (κ1) is 32.8. The maximum Gasteiger partial charge on any atom is -0.00590 e. The van der Waals surface area contributed by atoms with Gasteiger partial charge in [-0.15, -0.1) is 0 Å². The van der Waals surface area contributed by atoms with Gasteiger partial charge in [0.15, 0.2) is 0 Å². The van der Waals surface area contributed by atoms with Crippen molar-refractivity contribution in [3.8, 4) is 11.1 Å². The van der Waals surface area contributed by atoms with Crippen molar-refractivity contribution in [1.29, 1.82) is 0 Å². The predicted molar refractivity (Wildman–Crippen MR) is 223 cm³/mol. The average molecular weight is 709 g/mol. The van der Waals surface area contributed by atoms with Gasteiger partial charge in [0.1, 0.15) is 0 Å². The monoisotopic (exact) mass is 708 g/mol. The second-order valence-corrected chi connectivity index (χ2v) is 19.8. The molecule has 0 saturated heterocycles. The zero-order valence-electron chi connectivity index (χ0n) is 32.4. The maximum absolute atomic E-state index is 2.81. The fourth-order valence-corrected chi connectivity index (χ4v) is 16.4. The molecule has 5 saturated carbocycles. The highest BCUT2D eigenvalue weighted by molar-refractivity contribution is 5.68. The first-order valence-corrected chi connectivity index (χ1v) is 22.8. The molecule has 0 heterocycles. The highest BCUT2D eigenvalue weighted by atomic mass is 14.7. The van der Waals surface area contributed by atoms with Gasteiger partial charge < -0.3 is 0 Å². The standard InChI is InChI=1S/C54H60/c1-4-14-33(15-5-1)42-22-12-13-23-43(42)40-28-39-25-24-36-26-27-44-52-47(32-41(29-40)48(39)51(36)52)54-50(35-18-8-3-9-19-35)46-31-38-21-11-10-20-37(38)30-45(46)49(53(44)54)34-16-6-2-7-17-34/h1,4-6,8,11-19,21-23,31,36-37,39-41,44-45,47-49,51-54H,2-3,7,9-10,20,24-30,32H2. The lowest BCUT2D eigenvalue weighted by Gasteiger charge is -2.61. The third kappa shape index (κ3) is 4.99. The molecular formula is C54H60. The quantitative estimate of drug-likeness (QED) is 0.297. The third-order valence-electron chi connectivity index (χ3n) is 17.8. The maximum atomic E-state index is 2.81. The number of benzene rings is 2. The molecule has 10 aliphatic carbocycles. The van der Waals surface area contributed by atoms with Crippen molar-refractivity contribution in [3.63, 3.8) is 0 Å². The SMILES string of the molecule is C1=CC(C2=C3C=C4C=CCCC4CC3C(C3=CCCC=C3)C3C4CCC5CCC6CC(c7ccccc7-c7ccccc7)CC7CC(C23)C4C5C67)=CCC1. The van der Waals surface area contributed by atoms with Crippen molar-refractivity contribution in [3.05, 3.63) is 143 Å². The molecule has 0 amide bonds. The third-order valence-corrected chi connectivity index (χ3v) is 17.8. The van der Waals surface area contributed by atoms with Gasteiger partial charge in [0.2, 0.25) is 0 Å². The molecule has 12 rings (SSSR count). The summed E-state index contributed by atoms with van der Waals surface area (Å²) < 4.78 is 0. The van der Waals surface area contributed by atoms with Crippen LogP contribution in [-0.2, 0) is 0 Å². The Bertz CT molecular complexity index is 2030. The molecule has 2 aromatic carbocycles. The van der Waals surface area contributed by atoms with Crippen molar-refractivity contribution >= 4 is 0 Å². The van der Waals surface area contributed by atoms with Gasteiger partial charge in [0, 0.05) is 0 Å². The van der Waals surface area contributed by atoms with E-state index in [0.29, 0.717) is 17.8 Å². The molecule has 14 unspecified atom stereocenters. The molecule has 276 valence electrons. The molecular weight excluding hydrogens is 649 g/mol. The van der Waals surface area contributed by atoms with E-state index in [1.807, 2.05) is 5.57 Å². The molecule has 2 aromatic rings. The number of rotatable bonds is 4. The van der Waals surface area contributed by atoms with Crippen molar-refractivity contribution in [1.82, 2.24) is 0 Å². The summed E-state index contributed by atoms with van der Waals surface area (Å²) >= 11 is 0.